The highest BCUT2D eigenvalue weighted by atomic mass is 16.3. The third-order valence-corrected chi connectivity index (χ3v) is 3.47. The summed E-state index contributed by atoms with van der Waals surface area (Å²) in [4.78, 5) is 0. The second-order valence-electron chi connectivity index (χ2n) is 6.08. The van der Waals surface area contributed by atoms with Crippen molar-refractivity contribution < 1.29 is 4.42 Å². The van der Waals surface area contributed by atoms with Crippen molar-refractivity contribution in [2.45, 2.75) is 40.0 Å². The average Bonchev–Trinajstić information content (AvgIpc) is 2.84. The van der Waals surface area contributed by atoms with E-state index < -0.39 is 0 Å². The summed E-state index contributed by atoms with van der Waals surface area (Å²) >= 11 is 0. The molecule has 2 atom stereocenters. The van der Waals surface area contributed by atoms with E-state index in [0.29, 0.717) is 11.8 Å². The zero-order valence-electron chi connectivity index (χ0n) is 12.0. The molecule has 1 heterocycles. The maximum absolute atomic E-state index is 5.87. The van der Waals surface area contributed by atoms with Crippen LogP contribution in [0.4, 0.5) is 0 Å². The van der Waals surface area contributed by atoms with E-state index in [1.807, 2.05) is 0 Å². The molecule has 18 heavy (non-hydrogen) atoms. The number of hydrogen-bond donors (Lipinski definition) is 1. The Kier molecular flexibility index (Phi) is 4.28. The van der Waals surface area contributed by atoms with Crippen molar-refractivity contribution in [1.82, 2.24) is 5.32 Å². The molecule has 1 N–H and O–H groups in total. The molecular weight excluding hydrogens is 222 g/mol. The largest absolute Gasteiger partial charge is 0.461 e. The Balaban J connectivity index is 1.85. The highest BCUT2D eigenvalue weighted by Crippen LogP contribution is 2.47. The first-order valence-electron chi connectivity index (χ1n) is 7.04. The third kappa shape index (κ3) is 3.74. The summed E-state index contributed by atoms with van der Waals surface area (Å²) in [5, 5.41) is 3.44. The standard InChI is InChI=1S/C16H25NO/c1-11(2)9-17-10-12(3)7-14-5-6-16(18-14)15-8-13(15)4/h5-7,11,13,15,17H,8-10H2,1-4H3. The van der Waals surface area contributed by atoms with Gasteiger partial charge in [0.1, 0.15) is 11.5 Å². The van der Waals surface area contributed by atoms with E-state index >= 15 is 0 Å². The second kappa shape index (κ2) is 5.75. The van der Waals surface area contributed by atoms with Crippen LogP contribution in [0, 0.1) is 11.8 Å². The van der Waals surface area contributed by atoms with E-state index in [1.54, 1.807) is 0 Å². The number of nitrogens with one attached hydrogen (secondary N) is 1. The predicted octanol–water partition coefficient (Wildman–Crippen LogP) is 4.05. The molecule has 0 spiro atoms. The third-order valence-electron chi connectivity index (χ3n) is 3.47. The lowest BCUT2D eigenvalue weighted by molar-refractivity contribution is 0.497. The van der Waals surface area contributed by atoms with Crippen molar-refractivity contribution in [1.29, 1.82) is 0 Å². The van der Waals surface area contributed by atoms with Crippen molar-refractivity contribution in [3.05, 3.63) is 29.2 Å². The predicted molar refractivity (Wildman–Crippen MR) is 76.6 cm³/mol. The fourth-order valence-electron chi connectivity index (χ4n) is 2.22. The Bertz CT molecular complexity index is 416. The van der Waals surface area contributed by atoms with Gasteiger partial charge in [-0.3, -0.25) is 0 Å². The molecule has 2 rings (SSSR count). The molecule has 100 valence electrons. The molecule has 1 aromatic heterocycles. The van der Waals surface area contributed by atoms with E-state index in [9.17, 15) is 0 Å². The van der Waals surface area contributed by atoms with Gasteiger partial charge in [-0.1, -0.05) is 26.3 Å². The van der Waals surface area contributed by atoms with Gasteiger partial charge in [0.2, 0.25) is 0 Å². The van der Waals surface area contributed by atoms with E-state index in [-0.39, 0.29) is 0 Å². The lowest BCUT2D eigenvalue weighted by Crippen LogP contribution is -2.21. The van der Waals surface area contributed by atoms with Gasteiger partial charge in [-0.15, -0.1) is 0 Å². The lowest BCUT2D eigenvalue weighted by atomic mass is 10.2. The molecule has 0 radical (unpaired) electrons. The zero-order valence-corrected chi connectivity index (χ0v) is 12.0. The Labute approximate surface area is 110 Å². The molecule has 2 unspecified atom stereocenters. The van der Waals surface area contributed by atoms with Crippen LogP contribution in [0.3, 0.4) is 0 Å². The van der Waals surface area contributed by atoms with E-state index in [1.165, 1.54) is 12.0 Å². The maximum atomic E-state index is 5.87. The minimum atomic E-state index is 0.673. The Hall–Kier alpha value is -1.02. The van der Waals surface area contributed by atoms with Crippen LogP contribution in [0.5, 0.6) is 0 Å². The monoisotopic (exact) mass is 247 g/mol. The van der Waals surface area contributed by atoms with Gasteiger partial charge in [-0.05, 0) is 49.9 Å². The van der Waals surface area contributed by atoms with Gasteiger partial charge in [-0.2, -0.15) is 0 Å². The molecule has 0 bridgehead atoms. The Morgan fingerprint density at radius 2 is 2.22 bits per heavy atom. The van der Waals surface area contributed by atoms with Crippen molar-refractivity contribution in [3.8, 4) is 0 Å². The molecule has 1 fully saturated rings. The molecule has 1 aliphatic rings. The van der Waals surface area contributed by atoms with E-state index in [2.05, 4.69) is 51.2 Å². The first kappa shape index (κ1) is 13.4. The lowest BCUT2D eigenvalue weighted by Gasteiger charge is -2.06. The van der Waals surface area contributed by atoms with Gasteiger partial charge in [0.15, 0.2) is 0 Å². The minimum absolute atomic E-state index is 0.673. The van der Waals surface area contributed by atoms with Crippen LogP contribution < -0.4 is 5.32 Å². The van der Waals surface area contributed by atoms with Gasteiger partial charge < -0.3 is 9.73 Å². The van der Waals surface area contributed by atoms with Gasteiger partial charge in [0.25, 0.3) is 0 Å². The molecule has 2 nitrogen and oxygen atoms in total. The molecule has 0 saturated heterocycles. The van der Waals surface area contributed by atoms with Crippen molar-refractivity contribution in [2.75, 3.05) is 13.1 Å². The summed E-state index contributed by atoms with van der Waals surface area (Å²) in [7, 11) is 0. The van der Waals surface area contributed by atoms with Crippen LogP contribution >= 0.6 is 0 Å². The molecule has 2 heteroatoms. The molecular formula is C16H25NO. The number of hydrogen-bond acceptors (Lipinski definition) is 2. The van der Waals surface area contributed by atoms with Crippen LogP contribution in [-0.2, 0) is 0 Å². The van der Waals surface area contributed by atoms with Crippen LogP contribution in [0.25, 0.3) is 6.08 Å². The van der Waals surface area contributed by atoms with Gasteiger partial charge in [-0.25, -0.2) is 0 Å². The molecule has 0 aromatic carbocycles. The normalized spacial score (nSPS) is 23.7. The molecule has 0 amide bonds. The first-order chi connectivity index (χ1) is 8.56. The number of rotatable bonds is 6. The van der Waals surface area contributed by atoms with Gasteiger partial charge in [0.05, 0.1) is 0 Å². The smallest absolute Gasteiger partial charge is 0.127 e. The van der Waals surface area contributed by atoms with Crippen LogP contribution in [0.15, 0.2) is 22.1 Å². The van der Waals surface area contributed by atoms with Gasteiger partial charge in [0, 0.05) is 12.5 Å². The zero-order chi connectivity index (χ0) is 13.1. The van der Waals surface area contributed by atoms with Crippen molar-refractivity contribution in [3.63, 3.8) is 0 Å². The van der Waals surface area contributed by atoms with E-state index in [4.69, 9.17) is 4.42 Å². The van der Waals surface area contributed by atoms with Gasteiger partial charge >= 0.3 is 0 Å². The summed E-state index contributed by atoms with van der Waals surface area (Å²) in [6.07, 6.45) is 3.43. The topological polar surface area (TPSA) is 25.2 Å². The highest BCUT2D eigenvalue weighted by molar-refractivity contribution is 5.47. The minimum Gasteiger partial charge on any atom is -0.461 e. The first-order valence-corrected chi connectivity index (χ1v) is 7.04. The fraction of sp³-hybridized carbons (Fsp3) is 0.625. The van der Waals surface area contributed by atoms with Crippen LogP contribution in [0.2, 0.25) is 0 Å². The number of furan rings is 1. The summed E-state index contributed by atoms with van der Waals surface area (Å²) in [5.41, 5.74) is 1.32. The van der Waals surface area contributed by atoms with E-state index in [0.717, 1.165) is 30.5 Å². The Morgan fingerprint density at radius 3 is 2.83 bits per heavy atom. The summed E-state index contributed by atoms with van der Waals surface area (Å²) in [6.45, 7) is 10.9. The SMILES string of the molecule is CC(=Cc1ccc(C2CC2C)o1)CNCC(C)C. The molecule has 1 saturated carbocycles. The summed E-state index contributed by atoms with van der Waals surface area (Å²) in [5.74, 6) is 4.34. The molecule has 1 aromatic rings. The summed E-state index contributed by atoms with van der Waals surface area (Å²) < 4.78 is 5.87. The molecule has 0 aliphatic heterocycles. The highest BCUT2D eigenvalue weighted by Gasteiger charge is 2.36. The Morgan fingerprint density at radius 1 is 1.50 bits per heavy atom. The maximum Gasteiger partial charge on any atom is 0.127 e. The van der Waals surface area contributed by atoms with Crippen LogP contribution in [0.1, 0.15) is 51.6 Å². The molecule has 1 aliphatic carbocycles. The summed E-state index contributed by atoms with van der Waals surface area (Å²) in [6, 6.07) is 4.22. The fourth-order valence-corrected chi connectivity index (χ4v) is 2.22. The van der Waals surface area contributed by atoms with Crippen molar-refractivity contribution in [2.24, 2.45) is 11.8 Å². The second-order valence-corrected chi connectivity index (χ2v) is 6.08. The van der Waals surface area contributed by atoms with Crippen LogP contribution in [-0.4, -0.2) is 13.1 Å². The quantitative estimate of drug-likeness (QED) is 0.820. The van der Waals surface area contributed by atoms with Crippen molar-refractivity contribution >= 4 is 6.08 Å². The average molecular weight is 247 g/mol.